The van der Waals surface area contributed by atoms with Gasteiger partial charge in [0.05, 0.1) is 0 Å². The maximum absolute atomic E-state index is 5.87. The van der Waals surface area contributed by atoms with Crippen molar-refractivity contribution in [3.8, 4) is 0 Å². The molecule has 0 fully saturated rings. The van der Waals surface area contributed by atoms with E-state index in [1.807, 2.05) is 7.11 Å². The van der Waals surface area contributed by atoms with Crippen LogP contribution in [0, 0.1) is 0 Å². The van der Waals surface area contributed by atoms with Gasteiger partial charge in [-0.2, -0.15) is 0 Å². The molecule has 0 bridgehead atoms. The van der Waals surface area contributed by atoms with Crippen molar-refractivity contribution >= 4 is 8.32 Å². The summed E-state index contributed by atoms with van der Waals surface area (Å²) in [5, 5.41) is 0. The Labute approximate surface area is 84.0 Å². The molecule has 1 atom stereocenters. The Bertz CT molecular complexity index is 140. The van der Waals surface area contributed by atoms with E-state index in [1.165, 1.54) is 0 Å². The molecule has 1 unspecified atom stereocenters. The number of rotatable bonds is 5. The monoisotopic (exact) mass is 203 g/mol. The van der Waals surface area contributed by atoms with Gasteiger partial charge in [-0.1, -0.05) is 34.6 Å². The van der Waals surface area contributed by atoms with Crippen molar-refractivity contribution in [2.24, 2.45) is 5.73 Å². The third-order valence-corrected chi connectivity index (χ3v) is 9.37. The van der Waals surface area contributed by atoms with E-state index in [0.717, 1.165) is 6.54 Å². The molecule has 0 aliphatic rings. The normalized spacial score (nSPS) is 15.5. The Morgan fingerprint density at radius 3 is 1.54 bits per heavy atom. The number of hydrogen-bond donors (Lipinski definition) is 1. The molecular weight excluding hydrogens is 178 g/mol. The van der Waals surface area contributed by atoms with E-state index in [-0.39, 0.29) is 0 Å². The highest BCUT2D eigenvalue weighted by Gasteiger charge is 2.45. The molecule has 0 heterocycles. The van der Waals surface area contributed by atoms with E-state index in [9.17, 15) is 0 Å². The third-order valence-electron chi connectivity index (χ3n) is 3.28. The molecule has 0 aliphatic heterocycles. The molecule has 0 aromatic carbocycles. The average Bonchev–Trinajstić information content (AvgIpc) is 2.04. The van der Waals surface area contributed by atoms with Crippen molar-refractivity contribution in [1.82, 2.24) is 0 Å². The molecule has 0 saturated heterocycles. The molecule has 0 aromatic rings. The van der Waals surface area contributed by atoms with Gasteiger partial charge in [0.15, 0.2) is 0 Å². The predicted octanol–water partition coefficient (Wildman–Crippen LogP) is 2.75. The molecule has 0 rings (SSSR count). The summed E-state index contributed by atoms with van der Waals surface area (Å²) >= 11 is 0. The summed E-state index contributed by atoms with van der Waals surface area (Å²) in [7, 11) is 0.207. The molecule has 2 nitrogen and oxygen atoms in total. The Kier molecular flexibility index (Phi) is 5.18. The third kappa shape index (κ3) is 2.33. The molecule has 0 radical (unpaired) electrons. The fourth-order valence-electron chi connectivity index (χ4n) is 2.66. The van der Waals surface area contributed by atoms with Gasteiger partial charge in [-0.3, -0.25) is 0 Å². The zero-order chi connectivity index (χ0) is 10.6. The van der Waals surface area contributed by atoms with Gasteiger partial charge in [0, 0.05) is 7.11 Å². The molecular formula is C10H25NOSi. The summed E-state index contributed by atoms with van der Waals surface area (Å²) < 4.78 is 5.87. The summed E-state index contributed by atoms with van der Waals surface area (Å²) in [6, 6.07) is 0. The number of hydrogen-bond acceptors (Lipinski definition) is 2. The van der Waals surface area contributed by atoms with Crippen LogP contribution in [-0.4, -0.2) is 22.0 Å². The summed E-state index contributed by atoms with van der Waals surface area (Å²) in [5.74, 6) is 0. The lowest BCUT2D eigenvalue weighted by atomic mass is 10.5. The smallest absolute Gasteiger partial charge is 0.201 e. The van der Waals surface area contributed by atoms with Gasteiger partial charge in [-0.05, 0) is 23.2 Å². The summed E-state index contributed by atoms with van der Waals surface area (Å²) in [6.07, 6.45) is 0. The zero-order valence-corrected chi connectivity index (χ0v) is 10.9. The molecule has 0 amide bonds. The topological polar surface area (TPSA) is 35.2 Å². The van der Waals surface area contributed by atoms with Crippen LogP contribution >= 0.6 is 0 Å². The maximum atomic E-state index is 5.87. The second-order valence-electron chi connectivity index (χ2n) is 4.50. The minimum absolute atomic E-state index is 0.539. The Morgan fingerprint density at radius 1 is 1.08 bits per heavy atom. The molecule has 80 valence electrons. The first kappa shape index (κ1) is 13.1. The lowest BCUT2D eigenvalue weighted by Gasteiger charge is -2.41. The van der Waals surface area contributed by atoms with Crippen molar-refractivity contribution < 1.29 is 4.43 Å². The van der Waals surface area contributed by atoms with Gasteiger partial charge in [0.25, 0.3) is 0 Å². The first-order chi connectivity index (χ1) is 5.93. The second kappa shape index (κ2) is 5.13. The Hall–Kier alpha value is 0.137. The lowest BCUT2D eigenvalue weighted by molar-refractivity contribution is 0.358. The first-order valence-corrected chi connectivity index (χ1v) is 7.32. The van der Waals surface area contributed by atoms with Crippen LogP contribution in [-0.2, 0) is 4.43 Å². The van der Waals surface area contributed by atoms with Crippen LogP contribution in [0.5, 0.6) is 0 Å². The van der Waals surface area contributed by atoms with E-state index in [1.54, 1.807) is 0 Å². The van der Waals surface area contributed by atoms with Crippen molar-refractivity contribution in [1.29, 1.82) is 0 Å². The van der Waals surface area contributed by atoms with Crippen molar-refractivity contribution in [2.75, 3.05) is 13.7 Å². The van der Waals surface area contributed by atoms with E-state index in [4.69, 9.17) is 10.2 Å². The molecule has 0 aliphatic carbocycles. The van der Waals surface area contributed by atoms with Gasteiger partial charge in [-0.15, -0.1) is 0 Å². The lowest BCUT2D eigenvalue weighted by Crippen LogP contribution is -2.49. The van der Waals surface area contributed by atoms with Crippen LogP contribution in [0.3, 0.4) is 0 Å². The summed E-state index contributed by atoms with van der Waals surface area (Å²) in [4.78, 5) is 0. The van der Waals surface area contributed by atoms with E-state index in [0.29, 0.717) is 16.6 Å². The first-order valence-electron chi connectivity index (χ1n) is 5.18. The standard InChI is InChI=1S/C10H25NOSi/c1-8(2)13(12-6,9(3)4)10(5)7-11/h8-10H,7,11H2,1-6H3. The molecule has 0 aromatic heterocycles. The van der Waals surface area contributed by atoms with Crippen molar-refractivity contribution in [2.45, 2.75) is 51.2 Å². The highest BCUT2D eigenvalue weighted by atomic mass is 28.4. The Balaban J connectivity index is 4.86. The van der Waals surface area contributed by atoms with Gasteiger partial charge in [-0.25, -0.2) is 0 Å². The molecule has 2 N–H and O–H groups in total. The van der Waals surface area contributed by atoms with E-state index >= 15 is 0 Å². The van der Waals surface area contributed by atoms with Crippen LogP contribution in [0.4, 0.5) is 0 Å². The van der Waals surface area contributed by atoms with E-state index < -0.39 is 8.32 Å². The molecule has 0 saturated carbocycles. The summed E-state index contributed by atoms with van der Waals surface area (Å²) in [6.45, 7) is 12.0. The second-order valence-corrected chi connectivity index (χ2v) is 9.91. The minimum atomic E-state index is -1.65. The largest absolute Gasteiger partial charge is 0.419 e. The van der Waals surface area contributed by atoms with Gasteiger partial charge >= 0.3 is 0 Å². The van der Waals surface area contributed by atoms with Crippen LogP contribution in [0.2, 0.25) is 16.6 Å². The molecule has 0 spiro atoms. The van der Waals surface area contributed by atoms with Gasteiger partial charge in [0.2, 0.25) is 8.32 Å². The minimum Gasteiger partial charge on any atom is -0.419 e. The fourth-order valence-corrected chi connectivity index (χ4v) is 7.98. The quantitative estimate of drug-likeness (QED) is 0.697. The van der Waals surface area contributed by atoms with Crippen molar-refractivity contribution in [3.05, 3.63) is 0 Å². The fraction of sp³-hybridized carbons (Fsp3) is 1.00. The SMILES string of the molecule is CO[Si](C(C)C)(C(C)C)C(C)CN. The van der Waals surface area contributed by atoms with Gasteiger partial charge < -0.3 is 10.2 Å². The van der Waals surface area contributed by atoms with Crippen LogP contribution in [0.25, 0.3) is 0 Å². The number of nitrogens with two attached hydrogens (primary N) is 1. The van der Waals surface area contributed by atoms with Gasteiger partial charge in [0.1, 0.15) is 0 Å². The maximum Gasteiger partial charge on any atom is 0.201 e. The average molecular weight is 203 g/mol. The highest BCUT2D eigenvalue weighted by Crippen LogP contribution is 2.41. The van der Waals surface area contributed by atoms with Crippen LogP contribution < -0.4 is 5.73 Å². The summed E-state index contributed by atoms with van der Waals surface area (Å²) in [5.41, 5.74) is 7.57. The zero-order valence-electron chi connectivity index (χ0n) is 9.92. The predicted molar refractivity (Wildman–Crippen MR) is 61.4 cm³/mol. The van der Waals surface area contributed by atoms with Crippen LogP contribution in [0.1, 0.15) is 34.6 Å². The molecule has 3 heteroatoms. The highest BCUT2D eigenvalue weighted by molar-refractivity contribution is 6.77. The molecule has 13 heavy (non-hydrogen) atoms. The Morgan fingerprint density at radius 2 is 1.46 bits per heavy atom. The van der Waals surface area contributed by atoms with E-state index in [2.05, 4.69) is 34.6 Å². The van der Waals surface area contributed by atoms with Crippen LogP contribution in [0.15, 0.2) is 0 Å². The van der Waals surface area contributed by atoms with Crippen molar-refractivity contribution in [3.63, 3.8) is 0 Å².